The second-order valence-electron chi connectivity index (χ2n) is 0.0639. The van der Waals surface area contributed by atoms with Gasteiger partial charge in [-0.25, -0.2) is 0 Å². The molecule has 0 nitrogen and oxygen atoms in total. The third kappa shape index (κ3) is 13.1. The molecule has 0 spiro atoms. The van der Waals surface area contributed by atoms with Crippen molar-refractivity contribution in [2.45, 2.75) is 0 Å². The Hall–Kier alpha value is 0.887. The van der Waals surface area contributed by atoms with E-state index < -0.39 is 9.20 Å². The summed E-state index contributed by atoms with van der Waals surface area (Å²) in [6.07, 6.45) is 0. The van der Waals surface area contributed by atoms with E-state index in [0.29, 0.717) is 0 Å². The second-order valence-corrected chi connectivity index (χ2v) is 0.192. The van der Waals surface area contributed by atoms with Gasteiger partial charge >= 0.3 is 9.20 Å². The second kappa shape index (κ2) is 9.10. The zero-order valence-electron chi connectivity index (χ0n) is 2.20. The summed E-state index contributed by atoms with van der Waals surface area (Å²) < 4.78 is 19.2. The fourth-order valence-electron chi connectivity index (χ4n) is 0. The monoisotopic (exact) mass is 76.0 g/mol. The van der Waals surface area contributed by atoms with E-state index in [2.05, 4.69) is 0 Å². The van der Waals surface area contributed by atoms with Gasteiger partial charge in [0.05, 0.1) is 0 Å². The summed E-state index contributed by atoms with van der Waals surface area (Å²) in [5, 5.41) is 0. The normalized spacial score (nSPS) is 4.50. The molecule has 20 valence electrons. The van der Waals surface area contributed by atoms with Crippen LogP contribution in [-0.4, -0.2) is 18.9 Å². The van der Waals surface area contributed by atoms with Crippen molar-refractivity contribution in [2.24, 2.45) is 0 Å². The first kappa shape index (κ1) is 8.86. The quantitative estimate of drug-likeness (QED) is 0.301. The summed E-state index contributed by atoms with van der Waals surface area (Å²) >= 11 is 0. The molecule has 0 aliphatic carbocycles. The maximum atomic E-state index is 9.60. The molecule has 0 atom stereocenters. The van der Waals surface area contributed by atoms with Gasteiger partial charge in [0.2, 0.25) is 0 Å². The number of rotatable bonds is 0. The number of hydrogen-bond acceptors (Lipinski definition) is 0. The molecule has 0 aliphatic rings. The number of hydrogen-bond donors (Lipinski definition) is 0. The van der Waals surface area contributed by atoms with Crippen molar-refractivity contribution in [3.63, 3.8) is 0 Å². The van der Waals surface area contributed by atoms with Crippen molar-refractivity contribution >= 4 is 28.1 Å². The van der Waals surface area contributed by atoms with Crippen LogP contribution < -0.4 is 0 Å². The standard InChI is InChI=1S/F2P.Li/c1-3-2;. The van der Waals surface area contributed by atoms with Gasteiger partial charge < -0.3 is 0 Å². The summed E-state index contributed by atoms with van der Waals surface area (Å²) in [4.78, 5) is 0. The van der Waals surface area contributed by atoms with Crippen LogP contribution in [0.3, 0.4) is 0 Å². The van der Waals surface area contributed by atoms with E-state index in [1.165, 1.54) is 0 Å². The predicted octanol–water partition coefficient (Wildman–Crippen LogP) is 1.32. The van der Waals surface area contributed by atoms with Crippen LogP contribution in [-0.2, 0) is 0 Å². The summed E-state index contributed by atoms with van der Waals surface area (Å²) in [5.41, 5.74) is 0. The third-order valence-corrected chi connectivity index (χ3v) is 0. The molecule has 0 aliphatic heterocycles. The Morgan fingerprint density at radius 1 is 1.25 bits per heavy atom. The molecular weight excluding hydrogens is 75.9 g/mol. The SMILES string of the molecule is F[P]F.[Li]. The summed E-state index contributed by atoms with van der Waals surface area (Å²) in [6, 6.07) is 0. The maximum absolute atomic E-state index is 9.60. The van der Waals surface area contributed by atoms with Crippen molar-refractivity contribution < 1.29 is 8.39 Å². The largest absolute Gasteiger partial charge is 0.355 e. The minimum atomic E-state index is -1.58. The van der Waals surface area contributed by atoms with E-state index >= 15 is 0 Å². The van der Waals surface area contributed by atoms with Crippen LogP contribution in [0.15, 0.2) is 0 Å². The van der Waals surface area contributed by atoms with Crippen LogP contribution in [0.5, 0.6) is 0 Å². The van der Waals surface area contributed by atoms with Gasteiger partial charge in [-0.2, -0.15) is 8.39 Å². The fourth-order valence-corrected chi connectivity index (χ4v) is 0. The maximum Gasteiger partial charge on any atom is 0.355 e. The van der Waals surface area contributed by atoms with E-state index in [1.807, 2.05) is 0 Å². The summed E-state index contributed by atoms with van der Waals surface area (Å²) in [5.74, 6) is 0. The van der Waals surface area contributed by atoms with Gasteiger partial charge in [0.25, 0.3) is 0 Å². The topological polar surface area (TPSA) is 0 Å². The van der Waals surface area contributed by atoms with Crippen LogP contribution >= 0.6 is 9.20 Å². The van der Waals surface area contributed by atoms with Crippen molar-refractivity contribution in [2.75, 3.05) is 0 Å². The Balaban J connectivity index is 0. The first-order chi connectivity index (χ1) is 1.41. The first-order valence-corrected chi connectivity index (χ1v) is 1.01. The molecule has 0 aromatic rings. The Labute approximate surface area is 37.2 Å². The molecule has 0 heterocycles. The van der Waals surface area contributed by atoms with Gasteiger partial charge in [-0.05, 0) is 0 Å². The smallest absolute Gasteiger partial charge is 0.178 e. The van der Waals surface area contributed by atoms with E-state index in [9.17, 15) is 8.39 Å². The predicted molar refractivity (Wildman–Crippen MR) is 14.9 cm³/mol. The van der Waals surface area contributed by atoms with Gasteiger partial charge in [0, 0.05) is 18.9 Å². The molecule has 0 fully saturated rings. The molecule has 2 radical (unpaired) electrons. The van der Waals surface area contributed by atoms with Crippen LogP contribution in [0.1, 0.15) is 0 Å². The zero-order valence-corrected chi connectivity index (χ0v) is 3.10. The van der Waals surface area contributed by atoms with Gasteiger partial charge in [0.1, 0.15) is 0 Å². The van der Waals surface area contributed by atoms with Crippen molar-refractivity contribution in [3.8, 4) is 0 Å². The molecule has 0 aromatic heterocycles. The average Bonchev–Trinajstić information content (AvgIpc) is 0.918. The summed E-state index contributed by atoms with van der Waals surface area (Å²) in [6.45, 7) is 0. The van der Waals surface area contributed by atoms with E-state index in [4.69, 9.17) is 0 Å². The number of halogens is 2. The Morgan fingerprint density at radius 2 is 1.25 bits per heavy atom. The molecule has 4 heteroatoms. The molecule has 0 aromatic carbocycles. The molecule has 0 saturated heterocycles. The van der Waals surface area contributed by atoms with E-state index in [-0.39, 0.29) is 18.9 Å². The minimum Gasteiger partial charge on any atom is -0.178 e. The molecule has 0 amide bonds. The van der Waals surface area contributed by atoms with Crippen LogP contribution in [0.2, 0.25) is 0 Å². The minimum absolute atomic E-state index is 0. The van der Waals surface area contributed by atoms with E-state index in [1.54, 1.807) is 0 Å². The molecule has 0 bridgehead atoms. The Morgan fingerprint density at radius 3 is 1.25 bits per heavy atom. The van der Waals surface area contributed by atoms with Crippen LogP contribution in [0, 0.1) is 0 Å². The molecule has 0 N–H and O–H groups in total. The molecule has 4 heavy (non-hydrogen) atoms. The average molecular weight is 75.9 g/mol. The Kier molecular flexibility index (Phi) is 20.1. The van der Waals surface area contributed by atoms with Gasteiger partial charge in [-0.3, -0.25) is 0 Å². The molecule has 0 rings (SSSR count). The molecule has 0 saturated carbocycles. The van der Waals surface area contributed by atoms with Crippen LogP contribution in [0.25, 0.3) is 0 Å². The zero-order chi connectivity index (χ0) is 2.71. The van der Waals surface area contributed by atoms with Crippen molar-refractivity contribution in [1.82, 2.24) is 0 Å². The Bertz CT molecular complexity index is 6.00. The fraction of sp³-hybridized carbons (Fsp3) is 0. The van der Waals surface area contributed by atoms with Crippen molar-refractivity contribution in [3.05, 3.63) is 0 Å². The van der Waals surface area contributed by atoms with Gasteiger partial charge in [0.15, 0.2) is 0 Å². The third-order valence-electron chi connectivity index (χ3n) is 0. The van der Waals surface area contributed by atoms with Gasteiger partial charge in [-0.15, -0.1) is 0 Å². The van der Waals surface area contributed by atoms with Crippen LogP contribution in [0.4, 0.5) is 8.39 Å². The molecule has 0 unspecified atom stereocenters. The van der Waals surface area contributed by atoms with Crippen molar-refractivity contribution in [1.29, 1.82) is 0 Å². The summed E-state index contributed by atoms with van der Waals surface area (Å²) in [7, 11) is -1.58. The van der Waals surface area contributed by atoms with E-state index in [0.717, 1.165) is 0 Å². The van der Waals surface area contributed by atoms with Gasteiger partial charge in [-0.1, -0.05) is 0 Å². The first-order valence-electron chi connectivity index (χ1n) is 0.338. The molecular formula is F2LiP.